The number of hydrogen-bond acceptors (Lipinski definition) is 2. The van der Waals surface area contributed by atoms with Crippen LogP contribution < -0.4 is 5.32 Å². The van der Waals surface area contributed by atoms with Gasteiger partial charge in [0.25, 0.3) is 0 Å². The van der Waals surface area contributed by atoms with Crippen LogP contribution in [0.4, 0.5) is 4.39 Å². The zero-order valence-electron chi connectivity index (χ0n) is 9.94. The fourth-order valence-corrected chi connectivity index (χ4v) is 1.83. The van der Waals surface area contributed by atoms with E-state index in [-0.39, 0.29) is 11.9 Å². The van der Waals surface area contributed by atoms with Crippen molar-refractivity contribution in [1.82, 2.24) is 10.3 Å². The lowest BCUT2D eigenvalue weighted by molar-refractivity contribution is 0.560. The lowest BCUT2D eigenvalue weighted by atomic mass is 10.0. The van der Waals surface area contributed by atoms with Gasteiger partial charge in [-0.1, -0.05) is 29.8 Å². The van der Waals surface area contributed by atoms with Gasteiger partial charge < -0.3 is 5.32 Å². The first-order valence-electron chi connectivity index (χ1n) is 5.56. The zero-order chi connectivity index (χ0) is 12.3. The SMILES string of the molecule is CNC(c1ccc(C)cc1)c1ncccc1F. The summed E-state index contributed by atoms with van der Waals surface area (Å²) in [5, 5.41) is 3.09. The third-order valence-electron chi connectivity index (χ3n) is 2.76. The molecule has 1 aromatic heterocycles. The van der Waals surface area contributed by atoms with E-state index in [2.05, 4.69) is 10.3 Å². The van der Waals surface area contributed by atoms with Gasteiger partial charge in [-0.05, 0) is 31.7 Å². The van der Waals surface area contributed by atoms with Crippen molar-refractivity contribution < 1.29 is 4.39 Å². The Kier molecular flexibility index (Phi) is 3.49. The first kappa shape index (κ1) is 11.7. The number of nitrogens with zero attached hydrogens (tertiary/aromatic N) is 1. The van der Waals surface area contributed by atoms with Gasteiger partial charge in [-0.15, -0.1) is 0 Å². The molecular formula is C14H15FN2. The molecule has 17 heavy (non-hydrogen) atoms. The van der Waals surface area contributed by atoms with E-state index < -0.39 is 0 Å². The Morgan fingerprint density at radius 3 is 2.47 bits per heavy atom. The molecule has 1 heterocycles. The molecule has 2 nitrogen and oxygen atoms in total. The Bertz CT molecular complexity index is 494. The molecule has 1 unspecified atom stereocenters. The van der Waals surface area contributed by atoms with E-state index in [0.29, 0.717) is 5.69 Å². The van der Waals surface area contributed by atoms with Crippen LogP contribution in [0.3, 0.4) is 0 Å². The molecule has 3 heteroatoms. The van der Waals surface area contributed by atoms with Gasteiger partial charge in [-0.25, -0.2) is 4.39 Å². The smallest absolute Gasteiger partial charge is 0.146 e. The van der Waals surface area contributed by atoms with Gasteiger partial charge in [-0.2, -0.15) is 0 Å². The molecule has 0 fully saturated rings. The van der Waals surface area contributed by atoms with Gasteiger partial charge in [0.2, 0.25) is 0 Å². The summed E-state index contributed by atoms with van der Waals surface area (Å²) in [6.07, 6.45) is 1.61. The van der Waals surface area contributed by atoms with E-state index >= 15 is 0 Å². The molecule has 0 saturated heterocycles. The van der Waals surface area contributed by atoms with Crippen molar-refractivity contribution in [2.24, 2.45) is 0 Å². The van der Waals surface area contributed by atoms with Gasteiger partial charge in [0.15, 0.2) is 0 Å². The second-order valence-electron chi connectivity index (χ2n) is 4.00. The molecule has 0 bridgehead atoms. The average Bonchev–Trinajstić information content (AvgIpc) is 2.35. The van der Waals surface area contributed by atoms with Gasteiger partial charge in [0.1, 0.15) is 5.82 Å². The summed E-state index contributed by atoms with van der Waals surface area (Å²) < 4.78 is 13.7. The van der Waals surface area contributed by atoms with Crippen molar-refractivity contribution in [3.8, 4) is 0 Å². The number of benzene rings is 1. The molecule has 2 rings (SSSR count). The number of rotatable bonds is 3. The van der Waals surface area contributed by atoms with Gasteiger partial charge in [0, 0.05) is 6.20 Å². The van der Waals surface area contributed by atoms with Crippen molar-refractivity contribution >= 4 is 0 Å². The fourth-order valence-electron chi connectivity index (χ4n) is 1.83. The summed E-state index contributed by atoms with van der Waals surface area (Å²) >= 11 is 0. The van der Waals surface area contributed by atoms with Crippen molar-refractivity contribution in [2.45, 2.75) is 13.0 Å². The highest BCUT2D eigenvalue weighted by Gasteiger charge is 2.16. The largest absolute Gasteiger partial charge is 0.308 e. The molecule has 0 aliphatic rings. The number of hydrogen-bond donors (Lipinski definition) is 1. The lowest BCUT2D eigenvalue weighted by Crippen LogP contribution is -2.20. The summed E-state index contributed by atoms with van der Waals surface area (Å²) in [6.45, 7) is 2.03. The minimum Gasteiger partial charge on any atom is -0.308 e. The van der Waals surface area contributed by atoms with E-state index in [1.54, 1.807) is 19.3 Å². The number of aryl methyl sites for hydroxylation is 1. The Hall–Kier alpha value is -1.74. The van der Waals surface area contributed by atoms with Crippen LogP contribution in [0.5, 0.6) is 0 Å². The Morgan fingerprint density at radius 2 is 1.88 bits per heavy atom. The number of pyridine rings is 1. The Morgan fingerprint density at radius 1 is 1.18 bits per heavy atom. The second-order valence-corrected chi connectivity index (χ2v) is 4.00. The summed E-state index contributed by atoms with van der Waals surface area (Å²) in [4.78, 5) is 4.11. The third-order valence-corrected chi connectivity index (χ3v) is 2.76. The monoisotopic (exact) mass is 230 g/mol. The van der Waals surface area contributed by atoms with Crippen LogP contribution in [-0.2, 0) is 0 Å². The average molecular weight is 230 g/mol. The first-order valence-corrected chi connectivity index (χ1v) is 5.56. The van der Waals surface area contributed by atoms with Crippen molar-refractivity contribution in [1.29, 1.82) is 0 Å². The predicted molar refractivity (Wildman–Crippen MR) is 66.3 cm³/mol. The van der Waals surface area contributed by atoms with E-state index in [0.717, 1.165) is 5.56 Å². The van der Waals surface area contributed by atoms with Gasteiger partial charge >= 0.3 is 0 Å². The highest BCUT2D eigenvalue weighted by Crippen LogP contribution is 2.22. The van der Waals surface area contributed by atoms with Crippen LogP contribution in [0, 0.1) is 12.7 Å². The number of aromatic nitrogens is 1. The van der Waals surface area contributed by atoms with Crippen molar-refractivity contribution in [3.05, 3.63) is 65.2 Å². The predicted octanol–water partition coefficient (Wildman–Crippen LogP) is 2.84. The zero-order valence-corrected chi connectivity index (χ0v) is 9.94. The summed E-state index contributed by atoms with van der Waals surface area (Å²) in [5.41, 5.74) is 2.62. The van der Waals surface area contributed by atoms with Crippen molar-refractivity contribution in [3.63, 3.8) is 0 Å². The summed E-state index contributed by atoms with van der Waals surface area (Å²) in [7, 11) is 1.80. The molecule has 2 aromatic rings. The van der Waals surface area contributed by atoms with E-state index in [1.165, 1.54) is 11.6 Å². The molecule has 88 valence electrons. The highest BCUT2D eigenvalue weighted by molar-refractivity contribution is 5.30. The van der Waals surface area contributed by atoms with Crippen LogP contribution in [-0.4, -0.2) is 12.0 Å². The molecule has 1 N–H and O–H groups in total. The van der Waals surface area contributed by atoms with E-state index in [1.807, 2.05) is 31.2 Å². The fraction of sp³-hybridized carbons (Fsp3) is 0.214. The van der Waals surface area contributed by atoms with Crippen molar-refractivity contribution in [2.75, 3.05) is 7.05 Å². The Balaban J connectivity index is 2.40. The van der Waals surface area contributed by atoms with Crippen LogP contribution in [0.2, 0.25) is 0 Å². The molecule has 0 aliphatic heterocycles. The maximum absolute atomic E-state index is 13.7. The molecular weight excluding hydrogens is 215 g/mol. The van der Waals surface area contributed by atoms with Crippen LogP contribution in [0.15, 0.2) is 42.6 Å². The minimum absolute atomic E-state index is 0.211. The number of halogens is 1. The molecule has 0 saturated carbocycles. The summed E-state index contributed by atoms with van der Waals surface area (Å²) in [5.74, 6) is -0.285. The third kappa shape index (κ3) is 2.50. The van der Waals surface area contributed by atoms with Gasteiger partial charge in [-0.3, -0.25) is 4.98 Å². The molecule has 0 amide bonds. The standard InChI is InChI=1S/C14H15FN2/c1-10-5-7-11(8-6-10)13(16-2)14-12(15)4-3-9-17-14/h3-9,13,16H,1-2H3. The van der Waals surface area contributed by atoms with Crippen LogP contribution in [0.25, 0.3) is 0 Å². The maximum atomic E-state index is 13.7. The number of nitrogens with one attached hydrogen (secondary N) is 1. The molecule has 0 aliphatic carbocycles. The molecule has 1 aromatic carbocycles. The van der Waals surface area contributed by atoms with E-state index in [9.17, 15) is 4.39 Å². The van der Waals surface area contributed by atoms with Crippen LogP contribution in [0.1, 0.15) is 22.9 Å². The maximum Gasteiger partial charge on any atom is 0.146 e. The highest BCUT2D eigenvalue weighted by atomic mass is 19.1. The minimum atomic E-state index is -0.285. The normalized spacial score (nSPS) is 12.4. The molecule has 0 radical (unpaired) electrons. The van der Waals surface area contributed by atoms with Crippen LogP contribution >= 0.6 is 0 Å². The molecule has 1 atom stereocenters. The second kappa shape index (κ2) is 5.06. The topological polar surface area (TPSA) is 24.9 Å². The van der Waals surface area contributed by atoms with E-state index in [4.69, 9.17) is 0 Å². The first-order chi connectivity index (χ1) is 8.22. The lowest BCUT2D eigenvalue weighted by Gasteiger charge is -2.16. The quantitative estimate of drug-likeness (QED) is 0.877. The summed E-state index contributed by atoms with van der Waals surface area (Å²) in [6, 6.07) is 10.8. The molecule has 0 spiro atoms. The Labute approximate surface area is 101 Å². The van der Waals surface area contributed by atoms with Gasteiger partial charge in [0.05, 0.1) is 11.7 Å².